The average Bonchev–Trinajstić information content (AvgIpc) is 3.30. The van der Waals surface area contributed by atoms with E-state index in [1.54, 1.807) is 18.3 Å². The number of fused-ring (bicyclic) bond motifs is 1. The Morgan fingerprint density at radius 3 is 2.81 bits per heavy atom. The maximum absolute atomic E-state index is 13.0. The molecular formula is C21H18FN3O2. The van der Waals surface area contributed by atoms with Crippen LogP contribution < -0.4 is 5.32 Å². The summed E-state index contributed by atoms with van der Waals surface area (Å²) in [5.41, 5.74) is 2.67. The molecule has 0 radical (unpaired) electrons. The average molecular weight is 363 g/mol. The van der Waals surface area contributed by atoms with Crippen molar-refractivity contribution in [3.63, 3.8) is 0 Å². The number of amides is 1. The van der Waals surface area contributed by atoms with Gasteiger partial charge in [0.05, 0.1) is 12.6 Å². The van der Waals surface area contributed by atoms with Crippen molar-refractivity contribution in [2.45, 2.75) is 19.4 Å². The summed E-state index contributed by atoms with van der Waals surface area (Å²) in [6.07, 6.45) is 3.69. The van der Waals surface area contributed by atoms with Crippen molar-refractivity contribution in [3.8, 4) is 11.3 Å². The molecule has 1 amide bonds. The molecule has 6 heteroatoms. The van der Waals surface area contributed by atoms with Crippen molar-refractivity contribution in [1.29, 1.82) is 0 Å². The molecule has 0 aliphatic rings. The Hall–Kier alpha value is -3.41. The van der Waals surface area contributed by atoms with Crippen LogP contribution in [0.1, 0.15) is 24.4 Å². The van der Waals surface area contributed by atoms with Crippen LogP contribution in [0.25, 0.3) is 22.2 Å². The van der Waals surface area contributed by atoms with E-state index in [9.17, 15) is 9.18 Å². The second-order valence-corrected chi connectivity index (χ2v) is 6.40. The summed E-state index contributed by atoms with van der Waals surface area (Å²) in [6, 6.07) is 13.5. The van der Waals surface area contributed by atoms with Crippen molar-refractivity contribution in [2.75, 3.05) is 0 Å². The first-order chi connectivity index (χ1) is 13.1. The molecule has 2 aromatic heterocycles. The molecule has 4 aromatic rings. The smallest absolute Gasteiger partial charge is 0.225 e. The Morgan fingerprint density at radius 1 is 1.22 bits per heavy atom. The van der Waals surface area contributed by atoms with Gasteiger partial charge in [-0.05, 0) is 42.8 Å². The third-order valence-corrected chi connectivity index (χ3v) is 4.43. The monoisotopic (exact) mass is 363 g/mol. The summed E-state index contributed by atoms with van der Waals surface area (Å²) in [7, 11) is 0. The van der Waals surface area contributed by atoms with Gasteiger partial charge in [0, 0.05) is 22.7 Å². The van der Waals surface area contributed by atoms with E-state index in [0.29, 0.717) is 11.7 Å². The maximum Gasteiger partial charge on any atom is 0.225 e. The number of hydrogen-bond acceptors (Lipinski definition) is 3. The molecule has 2 N–H and O–H groups in total. The second kappa shape index (κ2) is 7.07. The lowest BCUT2D eigenvalue weighted by atomic mass is 10.1. The Balaban J connectivity index is 1.43. The number of carbonyl (C=O) groups is 1. The molecule has 5 nitrogen and oxygen atoms in total. The minimum Gasteiger partial charge on any atom is -0.438 e. The van der Waals surface area contributed by atoms with Gasteiger partial charge >= 0.3 is 0 Å². The summed E-state index contributed by atoms with van der Waals surface area (Å²) in [6.45, 7) is 1.81. The first-order valence-electron chi connectivity index (χ1n) is 8.66. The van der Waals surface area contributed by atoms with Crippen molar-refractivity contribution in [2.24, 2.45) is 0 Å². The third kappa shape index (κ3) is 3.60. The molecule has 0 aliphatic heterocycles. The van der Waals surface area contributed by atoms with Crippen LogP contribution in [0.2, 0.25) is 0 Å². The number of para-hydroxylation sites is 1. The highest BCUT2D eigenvalue weighted by atomic mass is 19.1. The zero-order chi connectivity index (χ0) is 18.8. The van der Waals surface area contributed by atoms with Gasteiger partial charge in [-0.15, -0.1) is 0 Å². The highest BCUT2D eigenvalue weighted by molar-refractivity contribution is 5.88. The summed E-state index contributed by atoms with van der Waals surface area (Å²) >= 11 is 0. The van der Waals surface area contributed by atoms with Crippen LogP contribution in [0.15, 0.2) is 65.3 Å². The molecule has 1 atom stereocenters. The van der Waals surface area contributed by atoms with Crippen LogP contribution in [-0.2, 0) is 11.2 Å². The van der Waals surface area contributed by atoms with E-state index in [1.165, 1.54) is 12.1 Å². The fourth-order valence-electron chi connectivity index (χ4n) is 3.04. The quantitative estimate of drug-likeness (QED) is 0.553. The molecular weight excluding hydrogens is 345 g/mol. The number of aromatic nitrogens is 2. The predicted octanol–water partition coefficient (Wildman–Crippen LogP) is 4.38. The summed E-state index contributed by atoms with van der Waals surface area (Å²) in [5.74, 6) is 0.509. The number of nitrogens with zero attached hydrogens (tertiary/aromatic N) is 1. The summed E-state index contributed by atoms with van der Waals surface area (Å²) < 4.78 is 18.8. The van der Waals surface area contributed by atoms with Crippen LogP contribution in [0.5, 0.6) is 0 Å². The highest BCUT2D eigenvalue weighted by Gasteiger charge is 2.17. The van der Waals surface area contributed by atoms with E-state index in [1.807, 2.05) is 37.4 Å². The SMILES string of the molecule is CC(NC(=O)Cc1c[nH]c2ccccc12)c1ncc(-c2ccc(F)cc2)o1. The van der Waals surface area contributed by atoms with Crippen molar-refractivity contribution in [1.82, 2.24) is 15.3 Å². The highest BCUT2D eigenvalue weighted by Crippen LogP contribution is 2.23. The molecule has 0 spiro atoms. The van der Waals surface area contributed by atoms with E-state index >= 15 is 0 Å². The Labute approximate surface area is 155 Å². The van der Waals surface area contributed by atoms with Gasteiger partial charge in [-0.2, -0.15) is 0 Å². The van der Waals surface area contributed by atoms with Crippen LogP contribution in [0.3, 0.4) is 0 Å². The number of hydrogen-bond donors (Lipinski definition) is 2. The lowest BCUT2D eigenvalue weighted by Crippen LogP contribution is -2.28. The Morgan fingerprint density at radius 2 is 2.00 bits per heavy atom. The molecule has 27 heavy (non-hydrogen) atoms. The van der Waals surface area contributed by atoms with E-state index in [-0.39, 0.29) is 24.2 Å². The number of aromatic amines is 1. The Kier molecular flexibility index (Phi) is 4.46. The molecule has 1 unspecified atom stereocenters. The van der Waals surface area contributed by atoms with Crippen LogP contribution in [0, 0.1) is 5.82 Å². The predicted molar refractivity (Wildman–Crippen MR) is 100 cm³/mol. The van der Waals surface area contributed by atoms with Crippen LogP contribution >= 0.6 is 0 Å². The summed E-state index contributed by atoms with van der Waals surface area (Å²) in [4.78, 5) is 19.8. The minimum absolute atomic E-state index is 0.117. The van der Waals surface area contributed by atoms with Crippen molar-refractivity contribution >= 4 is 16.8 Å². The minimum atomic E-state index is -0.378. The van der Waals surface area contributed by atoms with Gasteiger partial charge in [0.25, 0.3) is 0 Å². The lowest BCUT2D eigenvalue weighted by Gasteiger charge is -2.10. The number of oxazole rings is 1. The largest absolute Gasteiger partial charge is 0.438 e. The zero-order valence-electron chi connectivity index (χ0n) is 14.7. The second-order valence-electron chi connectivity index (χ2n) is 6.40. The molecule has 0 aliphatic carbocycles. The maximum atomic E-state index is 13.0. The standard InChI is InChI=1S/C21H18FN3O2/c1-13(21-24-12-19(27-21)14-6-8-16(22)9-7-14)25-20(26)10-15-11-23-18-5-3-2-4-17(15)18/h2-9,11-13,23H,10H2,1H3,(H,25,26). The number of halogens is 1. The lowest BCUT2D eigenvalue weighted by molar-refractivity contribution is -0.121. The van der Waals surface area contributed by atoms with Gasteiger partial charge in [-0.3, -0.25) is 4.79 Å². The number of benzene rings is 2. The molecule has 2 aromatic carbocycles. The third-order valence-electron chi connectivity index (χ3n) is 4.43. The van der Waals surface area contributed by atoms with Crippen molar-refractivity contribution < 1.29 is 13.6 Å². The number of rotatable bonds is 5. The number of carbonyl (C=O) groups excluding carboxylic acids is 1. The fraction of sp³-hybridized carbons (Fsp3) is 0.143. The van der Waals surface area contributed by atoms with E-state index in [2.05, 4.69) is 15.3 Å². The van der Waals surface area contributed by atoms with E-state index in [0.717, 1.165) is 22.0 Å². The first-order valence-corrected chi connectivity index (χ1v) is 8.66. The van der Waals surface area contributed by atoms with E-state index < -0.39 is 0 Å². The molecule has 2 heterocycles. The zero-order valence-corrected chi connectivity index (χ0v) is 14.7. The van der Waals surface area contributed by atoms with Gasteiger partial charge in [0.1, 0.15) is 11.9 Å². The van der Waals surface area contributed by atoms with Gasteiger partial charge in [0.15, 0.2) is 5.76 Å². The van der Waals surface area contributed by atoms with Gasteiger partial charge < -0.3 is 14.7 Å². The summed E-state index contributed by atoms with van der Waals surface area (Å²) in [5, 5.41) is 3.94. The normalized spacial score (nSPS) is 12.2. The van der Waals surface area contributed by atoms with Crippen LogP contribution in [-0.4, -0.2) is 15.9 Å². The Bertz CT molecular complexity index is 1080. The topological polar surface area (TPSA) is 70.9 Å². The molecule has 0 fully saturated rings. The number of nitrogens with one attached hydrogen (secondary N) is 2. The van der Waals surface area contributed by atoms with Gasteiger partial charge in [-0.25, -0.2) is 9.37 Å². The first kappa shape index (κ1) is 17.0. The molecule has 0 saturated carbocycles. The van der Waals surface area contributed by atoms with Crippen LogP contribution in [0.4, 0.5) is 4.39 Å². The molecule has 0 bridgehead atoms. The van der Waals surface area contributed by atoms with E-state index in [4.69, 9.17) is 4.42 Å². The molecule has 136 valence electrons. The van der Waals surface area contributed by atoms with Gasteiger partial charge in [0.2, 0.25) is 11.8 Å². The fourth-order valence-corrected chi connectivity index (χ4v) is 3.04. The van der Waals surface area contributed by atoms with Gasteiger partial charge in [-0.1, -0.05) is 18.2 Å². The van der Waals surface area contributed by atoms with Crippen molar-refractivity contribution in [3.05, 3.63) is 78.2 Å². The number of H-pyrrole nitrogens is 1. The molecule has 0 saturated heterocycles. The molecule has 4 rings (SSSR count).